The normalized spacial score (nSPS) is 23.3. The maximum Gasteiger partial charge on any atom is 0.316 e. The molecule has 0 radical (unpaired) electrons. The van der Waals surface area contributed by atoms with Crippen LogP contribution in [-0.4, -0.2) is 18.9 Å². The van der Waals surface area contributed by atoms with Gasteiger partial charge in [0.25, 0.3) is 0 Å². The number of allylic oxidation sites excluding steroid dienone is 1. The van der Waals surface area contributed by atoms with Crippen molar-refractivity contribution in [1.82, 2.24) is 0 Å². The Kier molecular flexibility index (Phi) is 4.82. The summed E-state index contributed by atoms with van der Waals surface area (Å²) in [6.07, 6.45) is 0.393. The Labute approximate surface area is 166 Å². The van der Waals surface area contributed by atoms with Gasteiger partial charge < -0.3 is 15.4 Å². The molecule has 0 saturated heterocycles. The van der Waals surface area contributed by atoms with E-state index in [1.54, 1.807) is 19.1 Å². The van der Waals surface area contributed by atoms with Gasteiger partial charge in [-0.15, -0.1) is 0 Å². The van der Waals surface area contributed by atoms with Crippen molar-refractivity contribution >= 4 is 23.1 Å². The molecular formula is C22H20F2N2O3. The zero-order valence-electron chi connectivity index (χ0n) is 16.0. The Morgan fingerprint density at radius 1 is 1.14 bits per heavy atom. The fraction of sp³-hybridized carbons (Fsp3) is 0.273. The van der Waals surface area contributed by atoms with Crippen LogP contribution in [-0.2, 0) is 14.3 Å². The lowest BCUT2D eigenvalue weighted by Gasteiger charge is -2.32. The Morgan fingerprint density at radius 3 is 2.59 bits per heavy atom. The number of halogens is 2. The van der Waals surface area contributed by atoms with Crippen molar-refractivity contribution < 1.29 is 23.1 Å². The summed E-state index contributed by atoms with van der Waals surface area (Å²) in [6.45, 7) is 1.80. The maximum absolute atomic E-state index is 14.7. The third kappa shape index (κ3) is 3.26. The molecule has 0 spiro atoms. The number of hydrogen-bond acceptors (Lipinski definition) is 5. The molecule has 2 N–H and O–H groups in total. The second-order valence-corrected chi connectivity index (χ2v) is 7.35. The largest absolute Gasteiger partial charge is 0.468 e. The molecule has 0 bridgehead atoms. The highest BCUT2D eigenvalue weighted by Gasteiger charge is 2.44. The number of carbonyl (C=O) groups excluding carboxylic acids is 2. The van der Waals surface area contributed by atoms with Crippen LogP contribution in [0.5, 0.6) is 0 Å². The van der Waals surface area contributed by atoms with Crippen molar-refractivity contribution in [3.8, 4) is 0 Å². The molecule has 5 nitrogen and oxygen atoms in total. The van der Waals surface area contributed by atoms with E-state index < -0.39 is 35.3 Å². The first-order chi connectivity index (χ1) is 13.9. The Balaban J connectivity index is 1.91. The van der Waals surface area contributed by atoms with Gasteiger partial charge in [-0.25, -0.2) is 8.78 Å². The van der Waals surface area contributed by atoms with E-state index in [2.05, 4.69) is 10.6 Å². The Bertz CT molecular complexity index is 1030. The second-order valence-electron chi connectivity index (χ2n) is 7.35. The summed E-state index contributed by atoms with van der Waals surface area (Å²) >= 11 is 0. The van der Waals surface area contributed by atoms with Gasteiger partial charge >= 0.3 is 5.97 Å². The minimum Gasteiger partial charge on any atom is -0.468 e. The number of ether oxygens (including phenoxy) is 1. The molecule has 0 unspecified atom stereocenters. The highest BCUT2D eigenvalue weighted by molar-refractivity contribution is 6.11. The summed E-state index contributed by atoms with van der Waals surface area (Å²) in [5.41, 5.74) is 2.18. The Morgan fingerprint density at radius 2 is 1.86 bits per heavy atom. The summed E-state index contributed by atoms with van der Waals surface area (Å²) in [5.74, 6) is -3.64. The van der Waals surface area contributed by atoms with E-state index in [1.165, 1.54) is 7.11 Å². The third-order valence-corrected chi connectivity index (χ3v) is 5.49. The van der Waals surface area contributed by atoms with Gasteiger partial charge in [0, 0.05) is 16.8 Å². The number of nitrogens with one attached hydrogen (secondary N) is 2. The van der Waals surface area contributed by atoms with E-state index >= 15 is 0 Å². The predicted molar refractivity (Wildman–Crippen MR) is 104 cm³/mol. The molecule has 0 saturated carbocycles. The van der Waals surface area contributed by atoms with Gasteiger partial charge in [-0.1, -0.05) is 19.1 Å². The van der Waals surface area contributed by atoms with Crippen molar-refractivity contribution in [1.29, 1.82) is 0 Å². The van der Waals surface area contributed by atoms with Crippen molar-refractivity contribution in [2.45, 2.75) is 19.4 Å². The molecule has 2 aromatic carbocycles. The van der Waals surface area contributed by atoms with E-state index in [0.29, 0.717) is 17.8 Å². The van der Waals surface area contributed by atoms with Crippen LogP contribution in [0.2, 0.25) is 0 Å². The number of anilines is 2. The summed E-state index contributed by atoms with van der Waals surface area (Å²) in [5, 5.41) is 6.43. The maximum atomic E-state index is 14.7. The first-order valence-corrected chi connectivity index (χ1v) is 9.33. The second kappa shape index (κ2) is 7.31. The number of ketones is 1. The van der Waals surface area contributed by atoms with E-state index in [-0.39, 0.29) is 17.1 Å². The van der Waals surface area contributed by atoms with Gasteiger partial charge in [-0.05, 0) is 42.7 Å². The minimum atomic E-state index is -0.998. The highest BCUT2D eigenvalue weighted by atomic mass is 19.1. The average molecular weight is 398 g/mol. The van der Waals surface area contributed by atoms with Gasteiger partial charge in [0.1, 0.15) is 17.6 Å². The smallest absolute Gasteiger partial charge is 0.316 e. The first-order valence-electron chi connectivity index (χ1n) is 9.33. The van der Waals surface area contributed by atoms with Gasteiger partial charge in [0.2, 0.25) is 0 Å². The summed E-state index contributed by atoms with van der Waals surface area (Å²) < 4.78 is 33.5. The van der Waals surface area contributed by atoms with Gasteiger partial charge in [-0.3, -0.25) is 9.59 Å². The highest BCUT2D eigenvalue weighted by Crippen LogP contribution is 2.44. The third-order valence-electron chi connectivity index (χ3n) is 5.49. The van der Waals surface area contributed by atoms with Crippen LogP contribution >= 0.6 is 0 Å². The quantitative estimate of drug-likeness (QED) is 0.586. The standard InChI is InChI=1S/C22H20F2N2O3/c1-11-9-17-19(21(27)18(11)22(28)29-2)20(13-10-12(23)7-8-14(13)24)26-16-6-4-3-5-15(16)25-17/h3-8,10-11,18,20,25-26H,9H2,1-2H3/t11-,18+,20-/m1/s1. The van der Waals surface area contributed by atoms with Crippen molar-refractivity contribution in [3.05, 3.63) is 70.9 Å². The molecule has 0 amide bonds. The number of esters is 1. The molecule has 0 aromatic heterocycles. The summed E-state index contributed by atoms with van der Waals surface area (Å²) in [4.78, 5) is 25.7. The average Bonchev–Trinajstić information content (AvgIpc) is 2.86. The van der Waals surface area contributed by atoms with Crippen LogP contribution in [0.25, 0.3) is 0 Å². The molecule has 150 valence electrons. The number of benzene rings is 2. The molecule has 1 aliphatic carbocycles. The van der Waals surface area contributed by atoms with Crippen LogP contribution in [0.4, 0.5) is 20.2 Å². The molecule has 4 rings (SSSR count). The molecule has 1 aliphatic heterocycles. The van der Waals surface area contributed by atoms with E-state index in [0.717, 1.165) is 23.9 Å². The van der Waals surface area contributed by atoms with E-state index in [4.69, 9.17) is 4.74 Å². The molecule has 7 heteroatoms. The van der Waals surface area contributed by atoms with E-state index in [1.807, 2.05) is 12.1 Å². The molecule has 3 atom stereocenters. The van der Waals surface area contributed by atoms with E-state index in [9.17, 15) is 18.4 Å². The summed E-state index contributed by atoms with van der Waals surface area (Å²) in [7, 11) is 1.23. The zero-order valence-corrected chi connectivity index (χ0v) is 16.0. The monoisotopic (exact) mass is 398 g/mol. The van der Waals surface area contributed by atoms with Gasteiger partial charge in [-0.2, -0.15) is 0 Å². The number of methoxy groups -OCH3 is 1. The number of Topliss-reactive ketones (excluding diaryl/α,β-unsaturated/α-hetero) is 1. The first kappa shape index (κ1) is 19.1. The molecule has 0 fully saturated rings. The van der Waals surface area contributed by atoms with Crippen LogP contribution in [0.3, 0.4) is 0 Å². The number of para-hydroxylation sites is 2. The fourth-order valence-corrected chi connectivity index (χ4v) is 4.10. The van der Waals surface area contributed by atoms with Crippen LogP contribution < -0.4 is 10.6 Å². The minimum absolute atomic E-state index is 0.00234. The SMILES string of the molecule is COC(=O)[C@@H]1C(=O)C2=C(C[C@H]1C)Nc1ccccc1N[C@@H]2c1cc(F)ccc1F. The lowest BCUT2D eigenvalue weighted by Crippen LogP contribution is -2.39. The van der Waals surface area contributed by atoms with Crippen molar-refractivity contribution in [2.24, 2.45) is 11.8 Å². The number of rotatable bonds is 2. The molecule has 1 heterocycles. The number of hydrogen-bond donors (Lipinski definition) is 2. The lowest BCUT2D eigenvalue weighted by atomic mass is 9.74. The topological polar surface area (TPSA) is 67.4 Å². The van der Waals surface area contributed by atoms with Crippen LogP contribution in [0, 0.1) is 23.5 Å². The predicted octanol–water partition coefficient (Wildman–Crippen LogP) is 4.20. The molecule has 29 heavy (non-hydrogen) atoms. The molecular weight excluding hydrogens is 378 g/mol. The zero-order chi connectivity index (χ0) is 20.7. The van der Waals surface area contributed by atoms with Gasteiger partial charge in [0.15, 0.2) is 5.78 Å². The van der Waals surface area contributed by atoms with Crippen LogP contribution in [0.15, 0.2) is 53.7 Å². The molecule has 2 aromatic rings. The van der Waals surface area contributed by atoms with Gasteiger partial charge in [0.05, 0.1) is 24.5 Å². The molecule has 2 aliphatic rings. The Hall–Kier alpha value is -3.22. The van der Waals surface area contributed by atoms with Crippen molar-refractivity contribution in [3.63, 3.8) is 0 Å². The van der Waals surface area contributed by atoms with Crippen molar-refractivity contribution in [2.75, 3.05) is 17.7 Å². The number of carbonyl (C=O) groups is 2. The lowest BCUT2D eigenvalue weighted by molar-refractivity contribution is -0.151. The number of fused-ring (bicyclic) bond motifs is 1. The van der Waals surface area contributed by atoms with Crippen LogP contribution in [0.1, 0.15) is 24.9 Å². The summed E-state index contributed by atoms with van der Waals surface area (Å²) in [6, 6.07) is 9.44. The fourth-order valence-electron chi connectivity index (χ4n) is 4.10.